The summed E-state index contributed by atoms with van der Waals surface area (Å²) < 4.78 is 26.9. The maximum atomic E-state index is 13.0. The summed E-state index contributed by atoms with van der Waals surface area (Å²) in [6.45, 7) is 1.53. The van der Waals surface area contributed by atoms with Crippen molar-refractivity contribution in [1.82, 2.24) is 9.78 Å². The lowest BCUT2D eigenvalue weighted by molar-refractivity contribution is 0.0696. The van der Waals surface area contributed by atoms with Crippen LogP contribution in [-0.2, 0) is 0 Å². The zero-order valence-electron chi connectivity index (χ0n) is 8.82. The van der Waals surface area contributed by atoms with Crippen LogP contribution in [-0.4, -0.2) is 20.9 Å². The van der Waals surface area contributed by atoms with Crippen LogP contribution >= 0.6 is 0 Å². The molecule has 0 aliphatic carbocycles. The largest absolute Gasteiger partial charge is 0.478 e. The molecule has 1 heterocycles. The highest BCUT2D eigenvalue weighted by atomic mass is 19.2. The Balaban J connectivity index is 2.50. The van der Waals surface area contributed by atoms with Crippen LogP contribution in [0.25, 0.3) is 5.69 Å². The number of hydrogen-bond acceptors (Lipinski definition) is 2. The predicted octanol–water partition coefficient (Wildman–Crippen LogP) is 2.16. The van der Waals surface area contributed by atoms with Gasteiger partial charge in [-0.3, -0.25) is 0 Å². The first-order chi connectivity index (χ1) is 7.99. The van der Waals surface area contributed by atoms with Gasteiger partial charge in [-0.15, -0.1) is 0 Å². The maximum Gasteiger partial charge on any atom is 0.339 e. The van der Waals surface area contributed by atoms with Gasteiger partial charge in [0, 0.05) is 12.3 Å². The SMILES string of the molecule is Cc1nn(-c2ccc(F)c(F)c2)cc1C(=O)O. The third-order valence-corrected chi connectivity index (χ3v) is 2.30. The lowest BCUT2D eigenvalue weighted by Crippen LogP contribution is -1.97. The molecular formula is C11H8F2N2O2. The van der Waals surface area contributed by atoms with Crippen molar-refractivity contribution in [2.45, 2.75) is 6.92 Å². The first-order valence-corrected chi connectivity index (χ1v) is 4.74. The van der Waals surface area contributed by atoms with E-state index in [0.29, 0.717) is 5.69 Å². The molecule has 0 saturated heterocycles. The molecule has 0 atom stereocenters. The summed E-state index contributed by atoms with van der Waals surface area (Å²) in [5.74, 6) is -3.08. The molecular weight excluding hydrogens is 230 g/mol. The Bertz CT molecular complexity index is 593. The number of benzene rings is 1. The number of aromatic nitrogens is 2. The average Bonchev–Trinajstić information content (AvgIpc) is 2.64. The fourth-order valence-corrected chi connectivity index (χ4v) is 1.43. The highest BCUT2D eigenvalue weighted by Gasteiger charge is 2.13. The number of rotatable bonds is 2. The van der Waals surface area contributed by atoms with Gasteiger partial charge in [0.15, 0.2) is 11.6 Å². The summed E-state index contributed by atoms with van der Waals surface area (Å²) in [7, 11) is 0. The van der Waals surface area contributed by atoms with Crippen molar-refractivity contribution in [2.75, 3.05) is 0 Å². The van der Waals surface area contributed by atoms with Gasteiger partial charge in [-0.1, -0.05) is 0 Å². The second-order valence-electron chi connectivity index (χ2n) is 3.48. The molecule has 1 aromatic heterocycles. The Morgan fingerprint density at radius 1 is 1.35 bits per heavy atom. The molecule has 0 aliphatic rings. The first-order valence-electron chi connectivity index (χ1n) is 4.74. The molecule has 4 nitrogen and oxygen atoms in total. The van der Waals surface area contributed by atoms with E-state index in [2.05, 4.69) is 5.10 Å². The third kappa shape index (κ3) is 2.01. The van der Waals surface area contributed by atoms with E-state index >= 15 is 0 Å². The summed E-state index contributed by atoms with van der Waals surface area (Å²) in [6.07, 6.45) is 1.25. The molecule has 0 radical (unpaired) electrons. The van der Waals surface area contributed by atoms with Crippen LogP contribution < -0.4 is 0 Å². The minimum absolute atomic E-state index is 0.0229. The molecule has 2 aromatic rings. The Morgan fingerprint density at radius 3 is 2.59 bits per heavy atom. The van der Waals surface area contributed by atoms with Gasteiger partial charge in [0.25, 0.3) is 0 Å². The van der Waals surface area contributed by atoms with Crippen LogP contribution in [0.15, 0.2) is 24.4 Å². The zero-order chi connectivity index (χ0) is 12.6. The van der Waals surface area contributed by atoms with Crippen molar-refractivity contribution in [2.24, 2.45) is 0 Å². The molecule has 0 spiro atoms. The molecule has 0 fully saturated rings. The van der Waals surface area contributed by atoms with E-state index in [1.807, 2.05) is 0 Å². The number of carboxylic acids is 1. The van der Waals surface area contributed by atoms with Gasteiger partial charge in [-0.25, -0.2) is 18.3 Å². The first kappa shape index (κ1) is 11.3. The van der Waals surface area contributed by atoms with Gasteiger partial charge in [-0.05, 0) is 19.1 Å². The molecule has 88 valence electrons. The third-order valence-electron chi connectivity index (χ3n) is 2.30. The normalized spacial score (nSPS) is 10.5. The Labute approximate surface area is 95.1 Å². The summed E-state index contributed by atoms with van der Waals surface area (Å²) in [5, 5.41) is 12.8. The molecule has 1 N–H and O–H groups in total. The zero-order valence-corrected chi connectivity index (χ0v) is 8.82. The fraction of sp³-hybridized carbons (Fsp3) is 0.0909. The number of nitrogens with zero attached hydrogens (tertiary/aromatic N) is 2. The monoisotopic (exact) mass is 238 g/mol. The molecule has 0 unspecified atom stereocenters. The van der Waals surface area contributed by atoms with Crippen LogP contribution in [0.3, 0.4) is 0 Å². The van der Waals surface area contributed by atoms with Gasteiger partial charge in [0.05, 0.1) is 11.4 Å². The number of carboxylic acid groups (broad SMARTS) is 1. The van der Waals surface area contributed by atoms with Gasteiger partial charge in [0.1, 0.15) is 5.56 Å². The minimum atomic E-state index is -1.11. The van der Waals surface area contributed by atoms with E-state index in [4.69, 9.17) is 5.11 Å². The molecule has 6 heteroatoms. The molecule has 0 aliphatic heterocycles. The van der Waals surface area contributed by atoms with Crippen molar-refractivity contribution in [3.8, 4) is 5.69 Å². The highest BCUT2D eigenvalue weighted by Crippen LogP contribution is 2.15. The topological polar surface area (TPSA) is 55.1 Å². The summed E-state index contributed by atoms with van der Waals surface area (Å²) >= 11 is 0. The molecule has 0 amide bonds. The lowest BCUT2D eigenvalue weighted by atomic mass is 10.3. The second-order valence-corrected chi connectivity index (χ2v) is 3.48. The predicted molar refractivity (Wildman–Crippen MR) is 55.2 cm³/mol. The summed E-state index contributed by atoms with van der Waals surface area (Å²) in [5.41, 5.74) is 0.594. The van der Waals surface area contributed by atoms with Gasteiger partial charge in [0.2, 0.25) is 0 Å². The van der Waals surface area contributed by atoms with Crippen LogP contribution in [0, 0.1) is 18.6 Å². The van der Waals surface area contributed by atoms with E-state index in [0.717, 1.165) is 12.1 Å². The van der Waals surface area contributed by atoms with E-state index in [9.17, 15) is 13.6 Å². The van der Waals surface area contributed by atoms with Crippen LogP contribution in [0.5, 0.6) is 0 Å². The van der Waals surface area contributed by atoms with Gasteiger partial charge >= 0.3 is 5.97 Å². The number of hydrogen-bond donors (Lipinski definition) is 1. The molecule has 17 heavy (non-hydrogen) atoms. The number of aryl methyl sites for hydroxylation is 1. The van der Waals surface area contributed by atoms with Gasteiger partial charge in [-0.2, -0.15) is 5.10 Å². The fourth-order valence-electron chi connectivity index (χ4n) is 1.43. The van der Waals surface area contributed by atoms with Gasteiger partial charge < -0.3 is 5.11 Å². The maximum absolute atomic E-state index is 13.0. The lowest BCUT2D eigenvalue weighted by Gasteiger charge is -2.01. The van der Waals surface area contributed by atoms with E-state index in [1.54, 1.807) is 0 Å². The second kappa shape index (κ2) is 3.97. The van der Waals surface area contributed by atoms with Crippen molar-refractivity contribution in [3.05, 3.63) is 47.3 Å². The minimum Gasteiger partial charge on any atom is -0.478 e. The van der Waals surface area contributed by atoms with Crippen molar-refractivity contribution < 1.29 is 18.7 Å². The molecule has 2 rings (SSSR count). The van der Waals surface area contributed by atoms with Crippen LogP contribution in [0.1, 0.15) is 16.1 Å². The highest BCUT2D eigenvalue weighted by molar-refractivity contribution is 5.88. The van der Waals surface area contributed by atoms with E-state index < -0.39 is 17.6 Å². The Morgan fingerprint density at radius 2 is 2.06 bits per heavy atom. The number of halogens is 2. The number of aromatic carboxylic acids is 1. The van der Waals surface area contributed by atoms with Crippen molar-refractivity contribution in [3.63, 3.8) is 0 Å². The van der Waals surface area contributed by atoms with E-state index in [1.165, 1.54) is 23.9 Å². The van der Waals surface area contributed by atoms with Crippen LogP contribution in [0.4, 0.5) is 8.78 Å². The smallest absolute Gasteiger partial charge is 0.339 e. The van der Waals surface area contributed by atoms with Crippen molar-refractivity contribution in [1.29, 1.82) is 0 Å². The molecule has 1 aromatic carbocycles. The Kier molecular flexibility index (Phi) is 2.63. The number of carbonyl (C=O) groups is 1. The standard InChI is InChI=1S/C11H8F2N2O2/c1-6-8(11(16)17)5-15(14-6)7-2-3-9(12)10(13)4-7/h2-5H,1H3,(H,16,17). The summed E-state index contributed by atoms with van der Waals surface area (Å²) in [4.78, 5) is 10.8. The summed E-state index contributed by atoms with van der Waals surface area (Å²) in [6, 6.07) is 3.23. The van der Waals surface area contributed by atoms with Crippen LogP contribution in [0.2, 0.25) is 0 Å². The van der Waals surface area contributed by atoms with E-state index in [-0.39, 0.29) is 11.3 Å². The van der Waals surface area contributed by atoms with Crippen molar-refractivity contribution >= 4 is 5.97 Å². The quantitative estimate of drug-likeness (QED) is 0.872. The molecule has 0 saturated carbocycles. The Hall–Kier alpha value is -2.24. The molecule has 0 bridgehead atoms. The average molecular weight is 238 g/mol.